The van der Waals surface area contributed by atoms with Crippen molar-refractivity contribution in [2.75, 3.05) is 23.8 Å². The van der Waals surface area contributed by atoms with Crippen molar-refractivity contribution in [3.05, 3.63) is 89.2 Å². The normalized spacial score (nSPS) is 10.4. The van der Waals surface area contributed by atoms with Crippen molar-refractivity contribution < 1.29 is 28.7 Å². The van der Waals surface area contributed by atoms with Gasteiger partial charge in [-0.3, -0.25) is 14.6 Å². The predicted molar refractivity (Wildman–Crippen MR) is 143 cm³/mol. The second-order valence-electron chi connectivity index (χ2n) is 8.47. The minimum Gasteiger partial charge on any atom is -0.462 e. The topological polar surface area (TPSA) is 124 Å². The molecule has 1 heterocycles. The summed E-state index contributed by atoms with van der Waals surface area (Å²) in [4.78, 5) is 53.2. The number of unbranched alkanes of at least 4 members (excludes halogenated alkanes) is 2. The quantitative estimate of drug-likeness (QED) is 0.240. The van der Waals surface area contributed by atoms with Crippen LogP contribution >= 0.6 is 0 Å². The van der Waals surface area contributed by atoms with Crippen molar-refractivity contribution in [2.45, 2.75) is 39.5 Å². The molecule has 38 heavy (non-hydrogen) atoms. The number of hydrogen-bond donors (Lipinski definition) is 2. The maximum Gasteiger partial charge on any atom is 0.338 e. The molecular formula is C29H31N3O6. The van der Waals surface area contributed by atoms with Crippen molar-refractivity contribution in [1.82, 2.24) is 4.98 Å². The lowest BCUT2D eigenvalue weighted by atomic mass is 10.2. The first-order valence-corrected chi connectivity index (χ1v) is 12.5. The van der Waals surface area contributed by atoms with Crippen LogP contribution in [0.3, 0.4) is 0 Å². The van der Waals surface area contributed by atoms with Gasteiger partial charge >= 0.3 is 11.9 Å². The number of carbonyl (C=O) groups excluding carboxylic acids is 4. The zero-order chi connectivity index (χ0) is 27.3. The lowest BCUT2D eigenvalue weighted by Crippen LogP contribution is -2.16. The molecule has 9 heteroatoms. The summed E-state index contributed by atoms with van der Waals surface area (Å²) in [6.45, 7) is 4.77. The van der Waals surface area contributed by atoms with Crippen molar-refractivity contribution >= 4 is 35.1 Å². The fourth-order valence-corrected chi connectivity index (χ4v) is 3.23. The highest BCUT2D eigenvalue weighted by Gasteiger charge is 2.13. The van der Waals surface area contributed by atoms with E-state index < -0.39 is 23.8 Å². The fourth-order valence-electron chi connectivity index (χ4n) is 3.23. The molecule has 0 atom stereocenters. The molecule has 0 bridgehead atoms. The van der Waals surface area contributed by atoms with Gasteiger partial charge < -0.3 is 20.1 Å². The van der Waals surface area contributed by atoms with Gasteiger partial charge in [0.15, 0.2) is 0 Å². The van der Waals surface area contributed by atoms with Crippen LogP contribution in [0.2, 0.25) is 0 Å². The molecule has 3 rings (SSSR count). The summed E-state index contributed by atoms with van der Waals surface area (Å²) in [5, 5.41) is 5.43. The van der Waals surface area contributed by atoms with Crippen molar-refractivity contribution in [3.8, 4) is 0 Å². The minimum atomic E-state index is -0.461. The van der Waals surface area contributed by atoms with Crippen LogP contribution in [0.25, 0.3) is 0 Å². The standard InChI is InChI=1S/C29H31N3O6/c1-3-5-17-37-28(35)20-7-12-23(13-8-20)31-26(33)22-11-16-25(30-19-22)27(34)32-24-14-9-21(10-15-24)29(36)38-18-6-4-2/h7-16,19H,3-6,17-18H2,1-2H3,(H,31,33)(H,32,34). The highest BCUT2D eigenvalue weighted by molar-refractivity contribution is 6.06. The Morgan fingerprint density at radius 3 is 1.50 bits per heavy atom. The Morgan fingerprint density at radius 1 is 0.632 bits per heavy atom. The van der Waals surface area contributed by atoms with Crippen molar-refractivity contribution in [2.24, 2.45) is 0 Å². The SMILES string of the molecule is CCCCOC(=O)c1ccc(NC(=O)c2ccc(C(=O)Nc3ccc(C(=O)OCCCC)cc3)nc2)cc1. The second-order valence-corrected chi connectivity index (χ2v) is 8.47. The monoisotopic (exact) mass is 517 g/mol. The Bertz CT molecular complexity index is 1140. The number of benzene rings is 2. The Kier molecular flexibility index (Phi) is 10.5. The molecular weight excluding hydrogens is 486 g/mol. The van der Waals surface area contributed by atoms with Crippen LogP contribution in [-0.2, 0) is 9.47 Å². The Morgan fingerprint density at radius 2 is 1.08 bits per heavy atom. The van der Waals surface area contributed by atoms with E-state index in [0.717, 1.165) is 25.7 Å². The van der Waals surface area contributed by atoms with Gasteiger partial charge in [-0.2, -0.15) is 0 Å². The van der Waals surface area contributed by atoms with Gasteiger partial charge in [-0.05, 0) is 73.5 Å². The van der Waals surface area contributed by atoms with E-state index >= 15 is 0 Å². The third-order valence-electron chi connectivity index (χ3n) is 5.48. The third-order valence-corrected chi connectivity index (χ3v) is 5.48. The summed E-state index contributed by atoms with van der Waals surface area (Å²) in [5.74, 6) is -1.69. The Hall–Kier alpha value is -4.53. The van der Waals surface area contributed by atoms with Crippen molar-refractivity contribution in [3.63, 3.8) is 0 Å². The zero-order valence-corrected chi connectivity index (χ0v) is 21.5. The van der Waals surface area contributed by atoms with Gasteiger partial charge in [-0.15, -0.1) is 0 Å². The van der Waals surface area contributed by atoms with Crippen LogP contribution in [0.15, 0.2) is 66.9 Å². The van der Waals surface area contributed by atoms with E-state index in [4.69, 9.17) is 9.47 Å². The van der Waals surface area contributed by atoms with E-state index in [2.05, 4.69) is 15.6 Å². The van der Waals surface area contributed by atoms with Gasteiger partial charge in [0.25, 0.3) is 11.8 Å². The lowest BCUT2D eigenvalue weighted by Gasteiger charge is -2.08. The van der Waals surface area contributed by atoms with Crippen LogP contribution in [0.1, 0.15) is 81.1 Å². The number of nitrogens with zero attached hydrogens (tertiary/aromatic N) is 1. The number of ether oxygens (including phenoxy) is 2. The van der Waals surface area contributed by atoms with Gasteiger partial charge in [0.05, 0.1) is 29.9 Å². The van der Waals surface area contributed by atoms with E-state index in [9.17, 15) is 19.2 Å². The number of esters is 2. The number of rotatable bonds is 12. The van der Waals surface area contributed by atoms with E-state index in [1.165, 1.54) is 18.3 Å². The van der Waals surface area contributed by atoms with Crippen molar-refractivity contribution in [1.29, 1.82) is 0 Å². The largest absolute Gasteiger partial charge is 0.462 e. The second kappa shape index (κ2) is 14.3. The van der Waals surface area contributed by atoms with Crippen LogP contribution < -0.4 is 10.6 Å². The van der Waals surface area contributed by atoms with Gasteiger partial charge in [0.2, 0.25) is 0 Å². The molecule has 2 aromatic carbocycles. The molecule has 0 fully saturated rings. The summed E-state index contributed by atoms with van der Waals surface area (Å²) in [7, 11) is 0. The average molecular weight is 518 g/mol. The van der Waals surface area contributed by atoms with E-state index in [1.54, 1.807) is 48.5 Å². The molecule has 1 aromatic heterocycles. The summed E-state index contributed by atoms with van der Waals surface area (Å²) < 4.78 is 10.3. The van der Waals surface area contributed by atoms with Gasteiger partial charge in [-0.1, -0.05) is 26.7 Å². The molecule has 0 saturated carbocycles. The molecule has 0 aliphatic heterocycles. The van der Waals surface area contributed by atoms with Gasteiger partial charge in [0.1, 0.15) is 5.69 Å². The van der Waals surface area contributed by atoms with E-state index in [0.29, 0.717) is 35.7 Å². The highest BCUT2D eigenvalue weighted by atomic mass is 16.5. The molecule has 2 N–H and O–H groups in total. The molecule has 3 aromatic rings. The summed E-state index contributed by atoms with van der Waals surface area (Å²) in [6, 6.07) is 15.7. The van der Waals surface area contributed by atoms with E-state index in [-0.39, 0.29) is 11.3 Å². The molecule has 9 nitrogen and oxygen atoms in total. The third kappa shape index (κ3) is 8.26. The number of carbonyl (C=O) groups is 4. The number of amides is 2. The Balaban J connectivity index is 1.52. The number of aromatic nitrogens is 1. The number of anilines is 2. The highest BCUT2D eigenvalue weighted by Crippen LogP contribution is 2.14. The molecule has 0 radical (unpaired) electrons. The number of nitrogens with one attached hydrogen (secondary N) is 2. The van der Waals surface area contributed by atoms with Crippen LogP contribution in [0, 0.1) is 0 Å². The molecule has 0 spiro atoms. The summed E-state index contributed by atoms with van der Waals surface area (Å²) in [5.41, 5.74) is 2.17. The average Bonchev–Trinajstić information content (AvgIpc) is 2.94. The molecule has 198 valence electrons. The molecule has 0 saturated heterocycles. The first-order valence-electron chi connectivity index (χ1n) is 12.5. The molecule has 0 aliphatic carbocycles. The minimum absolute atomic E-state index is 0.121. The predicted octanol–water partition coefficient (Wildman–Crippen LogP) is 5.50. The van der Waals surface area contributed by atoms with E-state index in [1.807, 2.05) is 13.8 Å². The first-order chi connectivity index (χ1) is 18.4. The first kappa shape index (κ1) is 28.0. The van der Waals surface area contributed by atoms with Gasteiger partial charge in [-0.25, -0.2) is 9.59 Å². The fraction of sp³-hybridized carbons (Fsp3) is 0.276. The van der Waals surface area contributed by atoms with Crippen LogP contribution in [0.5, 0.6) is 0 Å². The van der Waals surface area contributed by atoms with Crippen LogP contribution in [-0.4, -0.2) is 42.0 Å². The number of pyridine rings is 1. The molecule has 0 unspecified atom stereocenters. The summed E-state index contributed by atoms with van der Waals surface area (Å²) in [6.07, 6.45) is 4.78. The Labute approximate surface area is 221 Å². The summed E-state index contributed by atoms with van der Waals surface area (Å²) >= 11 is 0. The maximum absolute atomic E-state index is 12.6. The van der Waals surface area contributed by atoms with Crippen LogP contribution in [0.4, 0.5) is 11.4 Å². The smallest absolute Gasteiger partial charge is 0.338 e. The maximum atomic E-state index is 12.6. The lowest BCUT2D eigenvalue weighted by molar-refractivity contribution is 0.0490. The van der Waals surface area contributed by atoms with Gasteiger partial charge in [0, 0.05) is 17.6 Å². The molecule has 0 aliphatic rings. The number of hydrogen-bond acceptors (Lipinski definition) is 7. The zero-order valence-electron chi connectivity index (χ0n) is 21.5. The molecule has 2 amide bonds.